The van der Waals surface area contributed by atoms with Gasteiger partial charge in [0.1, 0.15) is 0 Å². The smallest absolute Gasteiger partial charge is 1.00 e. The van der Waals surface area contributed by atoms with Crippen molar-refractivity contribution in [2.75, 3.05) is 0 Å². The van der Waals surface area contributed by atoms with E-state index >= 15 is 0 Å². The molecule has 0 spiro atoms. The fourth-order valence-electron chi connectivity index (χ4n) is 0. The fourth-order valence-corrected chi connectivity index (χ4v) is 0. The van der Waals surface area contributed by atoms with Crippen molar-refractivity contribution in [1.29, 1.82) is 0 Å². The van der Waals surface area contributed by atoms with E-state index in [2.05, 4.69) is 0 Å². The van der Waals surface area contributed by atoms with Crippen molar-refractivity contribution in [3.63, 3.8) is 0 Å². The Morgan fingerprint density at radius 2 is 0.625 bits per heavy atom. The first-order chi connectivity index (χ1) is 2.45. The molecule has 0 aromatic heterocycles. The molecule has 0 saturated heterocycles. The van der Waals surface area contributed by atoms with Gasteiger partial charge >= 0.3 is 81.0 Å². The maximum absolute atomic E-state index is 5.42. The number of hydrogen-bond donors (Lipinski definition) is 0. The monoisotopic (exact) mass is 338 g/mol. The molecule has 0 aliphatic carbocycles. The molecule has 0 rings (SSSR count). The summed E-state index contributed by atoms with van der Waals surface area (Å²) in [7, 11) is 25.0. The average molecular weight is 341 g/mol. The predicted molar refractivity (Wildman–Crippen MR) is 40.9 cm³/mol. The molecule has 8 heteroatoms. The van der Waals surface area contributed by atoms with Gasteiger partial charge in [0, 0.05) is 0 Å². The third kappa shape index (κ3) is 61.2. The molecule has 0 heterocycles. The number of halogens is 6. The van der Waals surface area contributed by atoms with E-state index in [9.17, 15) is 0 Å². The Bertz CT molecular complexity index is 67.1. The van der Waals surface area contributed by atoms with Gasteiger partial charge in [-0.3, -0.25) is 0 Å². The van der Waals surface area contributed by atoms with Gasteiger partial charge in [-0.25, -0.2) is 0 Å². The first-order valence-corrected chi connectivity index (χ1v) is 20.4. The molecule has 0 saturated carbocycles. The predicted octanol–water partition coefficient (Wildman–Crippen LogP) is 0.760. The second-order valence-corrected chi connectivity index (χ2v) is 57.9. The van der Waals surface area contributed by atoms with Crippen molar-refractivity contribution >= 4 is 62.1 Å². The summed E-state index contributed by atoms with van der Waals surface area (Å²) in [6.07, 6.45) is 0. The van der Waals surface area contributed by atoms with Gasteiger partial charge in [0.05, 0.1) is 0 Å². The van der Waals surface area contributed by atoms with Gasteiger partial charge in [-0.15, -0.1) is 0 Å². The molecule has 0 aromatic rings. The average Bonchev–Trinajstić information content (AvgIpc) is 0.592. The summed E-state index contributed by atoms with van der Waals surface area (Å²) in [5.41, 5.74) is 0. The zero-order chi connectivity index (χ0) is 6.41. The van der Waals surface area contributed by atoms with Gasteiger partial charge in [-0.2, -0.15) is 0 Å². The first kappa shape index (κ1) is 13.7. The molecular formula is Cl6LiSb. The quantitative estimate of drug-likeness (QED) is 0.571. The first-order valence-electron chi connectivity index (χ1n) is 1.01. The van der Waals surface area contributed by atoms with Crippen molar-refractivity contribution < 1.29 is 18.9 Å². The minimum Gasteiger partial charge on any atom is 1.00 e. The van der Waals surface area contributed by atoms with E-state index in [1.54, 1.807) is 0 Å². The molecule has 0 aliphatic heterocycles. The topological polar surface area (TPSA) is 0 Å². The molecule has 0 amide bonds. The Balaban J connectivity index is 0. The largest absolute Gasteiger partial charge is 1.00 e. The molecule has 0 aromatic carbocycles. The molecule has 0 aliphatic rings. The van der Waals surface area contributed by atoms with Gasteiger partial charge < -0.3 is 0 Å². The Hall–Kier alpha value is 3.16. The van der Waals surface area contributed by atoms with Crippen LogP contribution in [0.25, 0.3) is 0 Å². The van der Waals surface area contributed by atoms with Crippen LogP contribution < -0.4 is 18.9 Å². The molecule has 8 heavy (non-hydrogen) atoms. The summed E-state index contributed by atoms with van der Waals surface area (Å²) in [6, 6.07) is 0. The summed E-state index contributed by atoms with van der Waals surface area (Å²) in [6.45, 7) is 0. The second-order valence-electron chi connectivity index (χ2n) is 0.958. The van der Waals surface area contributed by atoms with E-state index in [-0.39, 0.29) is 18.9 Å². The van der Waals surface area contributed by atoms with Crippen molar-refractivity contribution in [3.05, 3.63) is 0 Å². The number of rotatable bonds is 0. The van der Waals surface area contributed by atoms with Crippen LogP contribution in [0.5, 0.6) is 0 Å². The Morgan fingerprint density at radius 3 is 0.625 bits per heavy atom. The summed E-state index contributed by atoms with van der Waals surface area (Å²) in [5.74, 6) is 0. The summed E-state index contributed by atoms with van der Waals surface area (Å²) >= 11 is 0. The molecule has 0 nitrogen and oxygen atoms in total. The molecule has 0 unspecified atom stereocenters. The molecular weight excluding hydrogens is 341 g/mol. The van der Waals surface area contributed by atoms with E-state index in [0.717, 1.165) is 0 Å². The van der Waals surface area contributed by atoms with E-state index in [4.69, 9.17) is 53.0 Å². The van der Waals surface area contributed by atoms with Crippen molar-refractivity contribution in [2.24, 2.45) is 0 Å². The molecule has 48 valence electrons. The third-order valence-electron chi connectivity index (χ3n) is 0. The summed E-state index contributed by atoms with van der Waals surface area (Å²) in [4.78, 5) is 0. The van der Waals surface area contributed by atoms with Gasteiger partial charge in [0.25, 0.3) is 0 Å². The molecule has 0 bridgehead atoms. The van der Waals surface area contributed by atoms with E-state index in [1.807, 2.05) is 0 Å². The molecule has 0 atom stereocenters. The van der Waals surface area contributed by atoms with Crippen molar-refractivity contribution in [2.45, 2.75) is 0 Å². The maximum Gasteiger partial charge on any atom is 1.00 e. The fraction of sp³-hybridized carbons (Fsp3) is 0. The van der Waals surface area contributed by atoms with Crippen molar-refractivity contribution in [3.8, 4) is 0 Å². The van der Waals surface area contributed by atoms with Crippen LogP contribution in [0.2, 0.25) is 0 Å². The third-order valence-corrected chi connectivity index (χ3v) is 0. The van der Waals surface area contributed by atoms with E-state index in [0.29, 0.717) is 0 Å². The van der Waals surface area contributed by atoms with E-state index < -0.39 is 9.14 Å². The van der Waals surface area contributed by atoms with Crippen molar-refractivity contribution in [1.82, 2.24) is 0 Å². The van der Waals surface area contributed by atoms with Crippen LogP contribution in [0.4, 0.5) is 0 Å². The minimum atomic E-state index is -5.42. The van der Waals surface area contributed by atoms with Crippen LogP contribution in [0.1, 0.15) is 0 Å². The normalized spacial score (nSPS) is 20.2. The summed E-state index contributed by atoms with van der Waals surface area (Å²) < 4.78 is 0. The van der Waals surface area contributed by atoms with Crippen LogP contribution >= 0.6 is 53.0 Å². The maximum atomic E-state index is 5.06. The van der Waals surface area contributed by atoms with Gasteiger partial charge in [-0.05, 0) is 0 Å². The Kier molecular flexibility index (Phi) is 4.43. The van der Waals surface area contributed by atoms with Crippen LogP contribution in [0, 0.1) is 0 Å². The standard InChI is InChI=1S/6ClH.Li.Sb/h6*1H;;/q;;;;;;+1;+5/p-6. The Labute approximate surface area is 79.4 Å². The Morgan fingerprint density at radius 1 is 0.625 bits per heavy atom. The van der Waals surface area contributed by atoms with Crippen LogP contribution in [0.15, 0.2) is 0 Å². The van der Waals surface area contributed by atoms with Crippen LogP contribution in [-0.4, -0.2) is 9.14 Å². The minimum absolute atomic E-state index is 0. The zero-order valence-corrected chi connectivity index (χ0v) is 10.8. The van der Waals surface area contributed by atoms with Crippen LogP contribution in [-0.2, 0) is 0 Å². The number of hydrogen-bond acceptors (Lipinski definition) is 0. The molecule has 0 fully saturated rings. The second kappa shape index (κ2) is 2.58. The summed E-state index contributed by atoms with van der Waals surface area (Å²) in [5, 5.41) is 0. The van der Waals surface area contributed by atoms with E-state index in [1.165, 1.54) is 0 Å². The van der Waals surface area contributed by atoms with Crippen LogP contribution in [0.3, 0.4) is 0 Å². The van der Waals surface area contributed by atoms with Gasteiger partial charge in [0.2, 0.25) is 0 Å². The molecule has 0 N–H and O–H groups in total. The zero-order valence-electron chi connectivity index (χ0n) is 3.72. The SMILES string of the molecule is [Cl][Sb-]([Cl])([Cl])([Cl])([Cl])[Cl].[Li+]. The molecule has 0 radical (unpaired) electrons. The van der Waals surface area contributed by atoms with Gasteiger partial charge in [0.15, 0.2) is 0 Å². The van der Waals surface area contributed by atoms with Gasteiger partial charge in [-0.1, -0.05) is 0 Å².